The Morgan fingerprint density at radius 1 is 1.30 bits per heavy atom. The number of rotatable bonds is 5. The number of carbonyl (C=O) groups excluding carboxylic acids is 2. The predicted molar refractivity (Wildman–Crippen MR) is 71.8 cm³/mol. The lowest BCUT2D eigenvalue weighted by Crippen LogP contribution is -2.41. The number of hydrogen-bond acceptors (Lipinski definition) is 6. The minimum atomic E-state index is -1.26. The van der Waals surface area contributed by atoms with Gasteiger partial charge in [-0.2, -0.15) is 0 Å². The molecule has 1 rings (SSSR count). The molecule has 1 aromatic carbocycles. The SMILES string of the molecule is CC(=O)N[C@@H](CSC(=O)c1cccc(O)c1O)C(=O)O. The van der Waals surface area contributed by atoms with Gasteiger partial charge in [-0.1, -0.05) is 17.8 Å². The van der Waals surface area contributed by atoms with Gasteiger partial charge in [0.15, 0.2) is 11.5 Å². The van der Waals surface area contributed by atoms with Gasteiger partial charge in [-0.3, -0.25) is 9.59 Å². The molecule has 4 N–H and O–H groups in total. The van der Waals surface area contributed by atoms with E-state index in [1.165, 1.54) is 25.1 Å². The molecular weight excluding hydrogens is 286 g/mol. The lowest BCUT2D eigenvalue weighted by atomic mass is 10.2. The molecule has 20 heavy (non-hydrogen) atoms. The molecule has 0 fully saturated rings. The summed E-state index contributed by atoms with van der Waals surface area (Å²) < 4.78 is 0. The normalized spacial score (nSPS) is 11.7. The van der Waals surface area contributed by atoms with Gasteiger partial charge in [-0.25, -0.2) is 4.79 Å². The Morgan fingerprint density at radius 3 is 2.50 bits per heavy atom. The second-order valence-electron chi connectivity index (χ2n) is 3.86. The van der Waals surface area contributed by atoms with Crippen molar-refractivity contribution < 1.29 is 29.7 Å². The van der Waals surface area contributed by atoms with Crippen molar-refractivity contribution in [1.29, 1.82) is 0 Å². The van der Waals surface area contributed by atoms with Gasteiger partial charge in [0.25, 0.3) is 0 Å². The maximum absolute atomic E-state index is 11.8. The average molecular weight is 299 g/mol. The summed E-state index contributed by atoms with van der Waals surface area (Å²) in [5.74, 6) is -2.97. The fourth-order valence-electron chi connectivity index (χ4n) is 1.35. The summed E-state index contributed by atoms with van der Waals surface area (Å²) in [6.07, 6.45) is 0. The van der Waals surface area contributed by atoms with Crippen molar-refractivity contribution in [3.05, 3.63) is 23.8 Å². The van der Waals surface area contributed by atoms with E-state index in [-0.39, 0.29) is 11.3 Å². The number of phenols is 2. The Balaban J connectivity index is 2.73. The molecule has 0 heterocycles. The molecule has 108 valence electrons. The average Bonchev–Trinajstić information content (AvgIpc) is 2.36. The number of phenolic OH excluding ortho intramolecular Hbond substituents is 2. The van der Waals surface area contributed by atoms with Crippen LogP contribution in [-0.2, 0) is 9.59 Å². The third kappa shape index (κ3) is 4.16. The Bertz CT molecular complexity index is 545. The van der Waals surface area contributed by atoms with E-state index in [4.69, 9.17) is 5.11 Å². The van der Waals surface area contributed by atoms with Crippen LogP contribution in [0.4, 0.5) is 0 Å². The highest BCUT2D eigenvalue weighted by molar-refractivity contribution is 8.14. The van der Waals surface area contributed by atoms with Crippen LogP contribution in [0.3, 0.4) is 0 Å². The minimum Gasteiger partial charge on any atom is -0.504 e. The summed E-state index contributed by atoms with van der Waals surface area (Å²) >= 11 is 0.625. The van der Waals surface area contributed by atoms with Crippen molar-refractivity contribution >= 4 is 28.8 Å². The van der Waals surface area contributed by atoms with Crippen molar-refractivity contribution in [2.24, 2.45) is 0 Å². The maximum atomic E-state index is 11.8. The van der Waals surface area contributed by atoms with Gasteiger partial charge in [0.1, 0.15) is 6.04 Å². The number of carboxylic acid groups (broad SMARTS) is 1. The molecule has 1 aromatic rings. The van der Waals surface area contributed by atoms with E-state index >= 15 is 0 Å². The largest absolute Gasteiger partial charge is 0.504 e. The number of carboxylic acids is 1. The maximum Gasteiger partial charge on any atom is 0.327 e. The molecule has 0 aliphatic rings. The second-order valence-corrected chi connectivity index (χ2v) is 4.86. The molecule has 0 radical (unpaired) electrons. The number of hydrogen-bond donors (Lipinski definition) is 4. The first kappa shape index (κ1) is 15.8. The number of aliphatic carboxylic acids is 1. The fraction of sp³-hybridized carbons (Fsp3) is 0.250. The Morgan fingerprint density at radius 2 is 1.95 bits per heavy atom. The van der Waals surface area contributed by atoms with Crippen LogP contribution in [0.1, 0.15) is 17.3 Å². The summed E-state index contributed by atoms with van der Waals surface area (Å²) in [6.45, 7) is 1.17. The molecule has 8 heteroatoms. The molecule has 1 amide bonds. The molecule has 0 saturated heterocycles. The quantitative estimate of drug-likeness (QED) is 0.585. The summed E-state index contributed by atoms with van der Waals surface area (Å²) in [6, 6.07) is 2.69. The van der Waals surface area contributed by atoms with Crippen LogP contribution in [0.2, 0.25) is 0 Å². The van der Waals surface area contributed by atoms with E-state index < -0.39 is 34.5 Å². The smallest absolute Gasteiger partial charge is 0.327 e. The summed E-state index contributed by atoms with van der Waals surface area (Å²) in [5.41, 5.74) is -0.123. The van der Waals surface area contributed by atoms with E-state index in [9.17, 15) is 24.6 Å². The number of nitrogens with one attached hydrogen (secondary N) is 1. The third-order valence-corrected chi connectivity index (χ3v) is 3.27. The van der Waals surface area contributed by atoms with Gasteiger partial charge < -0.3 is 20.6 Å². The van der Waals surface area contributed by atoms with Crippen molar-refractivity contribution in [3.8, 4) is 11.5 Å². The molecule has 7 nitrogen and oxygen atoms in total. The topological polar surface area (TPSA) is 124 Å². The number of para-hydroxylation sites is 1. The van der Waals surface area contributed by atoms with Gasteiger partial charge >= 0.3 is 5.97 Å². The summed E-state index contributed by atoms with van der Waals surface area (Å²) in [5, 5.41) is 29.3. The number of amides is 1. The lowest BCUT2D eigenvalue weighted by Gasteiger charge is -2.12. The van der Waals surface area contributed by atoms with Crippen molar-refractivity contribution in [1.82, 2.24) is 5.32 Å². The highest BCUT2D eigenvalue weighted by atomic mass is 32.2. The predicted octanol–water partition coefficient (Wildman–Crippen LogP) is 0.560. The number of thioether (sulfide) groups is 1. The van der Waals surface area contributed by atoms with Crippen LogP contribution in [0, 0.1) is 0 Å². The summed E-state index contributed by atoms with van der Waals surface area (Å²) in [7, 11) is 0. The molecule has 0 unspecified atom stereocenters. The van der Waals surface area contributed by atoms with Crippen LogP contribution < -0.4 is 5.32 Å². The summed E-state index contributed by atoms with van der Waals surface area (Å²) in [4.78, 5) is 33.5. The van der Waals surface area contributed by atoms with Gasteiger partial charge in [0.2, 0.25) is 11.0 Å². The van der Waals surface area contributed by atoms with E-state index in [1.54, 1.807) is 0 Å². The highest BCUT2D eigenvalue weighted by Gasteiger charge is 2.22. The van der Waals surface area contributed by atoms with E-state index in [0.29, 0.717) is 11.8 Å². The fourth-order valence-corrected chi connectivity index (χ4v) is 2.22. The minimum absolute atomic E-state index is 0.123. The first-order valence-electron chi connectivity index (χ1n) is 5.51. The lowest BCUT2D eigenvalue weighted by molar-refractivity contribution is -0.140. The zero-order valence-electron chi connectivity index (χ0n) is 10.5. The molecule has 0 aliphatic heterocycles. The number of benzene rings is 1. The van der Waals surface area contributed by atoms with Gasteiger partial charge in [0, 0.05) is 12.7 Å². The Labute approximate surface area is 118 Å². The van der Waals surface area contributed by atoms with Gasteiger partial charge in [0.05, 0.1) is 5.56 Å². The zero-order chi connectivity index (χ0) is 15.3. The van der Waals surface area contributed by atoms with Crippen LogP contribution in [-0.4, -0.2) is 44.1 Å². The zero-order valence-corrected chi connectivity index (χ0v) is 11.3. The first-order chi connectivity index (χ1) is 9.32. The van der Waals surface area contributed by atoms with Crippen molar-refractivity contribution in [3.63, 3.8) is 0 Å². The molecule has 1 atom stereocenters. The van der Waals surface area contributed by atoms with Gasteiger partial charge in [-0.15, -0.1) is 0 Å². The molecule has 0 aromatic heterocycles. The third-order valence-electron chi connectivity index (χ3n) is 2.29. The van der Waals surface area contributed by atoms with Gasteiger partial charge in [-0.05, 0) is 12.1 Å². The van der Waals surface area contributed by atoms with Crippen LogP contribution in [0.25, 0.3) is 0 Å². The number of aromatic hydroxyl groups is 2. The molecule has 0 saturated carbocycles. The van der Waals surface area contributed by atoms with Crippen LogP contribution in [0.5, 0.6) is 11.5 Å². The second kappa shape index (κ2) is 6.80. The van der Waals surface area contributed by atoms with E-state index in [1.807, 2.05) is 0 Å². The molecular formula is C12H13NO6S. The van der Waals surface area contributed by atoms with Crippen molar-refractivity contribution in [2.45, 2.75) is 13.0 Å². The monoisotopic (exact) mass is 299 g/mol. The standard InChI is InChI=1S/C12H13NO6S/c1-6(14)13-8(11(17)18)5-20-12(19)7-3-2-4-9(15)10(7)16/h2-4,8,15-16H,5H2,1H3,(H,13,14)(H,17,18)/t8-/m0/s1. The van der Waals surface area contributed by atoms with E-state index in [0.717, 1.165) is 0 Å². The van der Waals surface area contributed by atoms with Crippen LogP contribution in [0.15, 0.2) is 18.2 Å². The highest BCUT2D eigenvalue weighted by Crippen LogP contribution is 2.30. The van der Waals surface area contributed by atoms with E-state index in [2.05, 4.69) is 5.32 Å². The molecule has 0 bridgehead atoms. The molecule has 0 aliphatic carbocycles. The molecule has 0 spiro atoms. The Kier molecular flexibility index (Phi) is 5.39. The number of carbonyl (C=O) groups is 3. The Hall–Kier alpha value is -2.22. The van der Waals surface area contributed by atoms with Crippen molar-refractivity contribution in [2.75, 3.05) is 5.75 Å². The first-order valence-corrected chi connectivity index (χ1v) is 6.49. The van der Waals surface area contributed by atoms with Crippen LogP contribution >= 0.6 is 11.8 Å².